The molecule has 3 heteroatoms. The van der Waals surface area contributed by atoms with Crippen LogP contribution in [0.15, 0.2) is 30.3 Å². The van der Waals surface area contributed by atoms with E-state index in [0.29, 0.717) is 6.42 Å². The minimum absolute atomic E-state index is 0.0122. The first-order chi connectivity index (χ1) is 7.18. The van der Waals surface area contributed by atoms with E-state index in [1.165, 1.54) is 0 Å². The Bertz CT molecular complexity index is 296. The van der Waals surface area contributed by atoms with E-state index in [9.17, 15) is 4.79 Å². The number of nitrogens with one attached hydrogen (secondary N) is 1. The molecule has 0 saturated carbocycles. The molecule has 0 aliphatic carbocycles. The molecular formula is C12H17NO2. The Kier molecular flexibility index (Phi) is 4.84. The van der Waals surface area contributed by atoms with Crippen LogP contribution < -0.4 is 5.32 Å². The number of amides is 1. The van der Waals surface area contributed by atoms with E-state index < -0.39 is 0 Å². The molecule has 0 radical (unpaired) electrons. The van der Waals surface area contributed by atoms with Crippen molar-refractivity contribution in [3.05, 3.63) is 35.9 Å². The van der Waals surface area contributed by atoms with Gasteiger partial charge in [-0.15, -0.1) is 0 Å². The van der Waals surface area contributed by atoms with Gasteiger partial charge in [-0.2, -0.15) is 0 Å². The molecule has 0 heterocycles. The highest BCUT2D eigenvalue weighted by Gasteiger charge is 2.02. The van der Waals surface area contributed by atoms with Gasteiger partial charge in [0, 0.05) is 0 Å². The Balaban J connectivity index is 2.25. The first kappa shape index (κ1) is 11.7. The van der Waals surface area contributed by atoms with Crippen LogP contribution in [-0.4, -0.2) is 18.7 Å². The first-order valence-electron chi connectivity index (χ1n) is 5.10. The Labute approximate surface area is 90.4 Å². The summed E-state index contributed by atoms with van der Waals surface area (Å²) in [6, 6.07) is 9.65. The van der Waals surface area contributed by atoms with Crippen molar-refractivity contribution in [1.82, 2.24) is 5.32 Å². The minimum atomic E-state index is -0.0122. The van der Waals surface area contributed by atoms with Crippen molar-refractivity contribution >= 4 is 5.91 Å². The summed E-state index contributed by atoms with van der Waals surface area (Å²) >= 11 is 0. The third-order valence-corrected chi connectivity index (χ3v) is 1.89. The average molecular weight is 207 g/mol. The van der Waals surface area contributed by atoms with E-state index in [1.807, 2.05) is 44.2 Å². The standard InChI is InChI=1S/C12H17NO2/c1-10(2)15-9-13-12(14)8-11-6-4-3-5-7-11/h3-7,10H,8-9H2,1-2H3,(H,13,14). The van der Waals surface area contributed by atoms with Gasteiger partial charge in [-0.3, -0.25) is 4.79 Å². The highest BCUT2D eigenvalue weighted by Crippen LogP contribution is 1.98. The van der Waals surface area contributed by atoms with Crippen molar-refractivity contribution in [2.75, 3.05) is 6.73 Å². The van der Waals surface area contributed by atoms with Crippen LogP contribution in [0, 0.1) is 0 Å². The van der Waals surface area contributed by atoms with Crippen LogP contribution >= 0.6 is 0 Å². The Hall–Kier alpha value is -1.35. The van der Waals surface area contributed by atoms with E-state index in [4.69, 9.17) is 4.74 Å². The SMILES string of the molecule is CC(C)OCNC(=O)Cc1ccccc1. The number of ether oxygens (including phenoxy) is 1. The van der Waals surface area contributed by atoms with Crippen molar-refractivity contribution in [2.45, 2.75) is 26.4 Å². The second-order valence-electron chi connectivity index (χ2n) is 3.62. The summed E-state index contributed by atoms with van der Waals surface area (Å²) < 4.78 is 5.22. The molecule has 0 saturated heterocycles. The number of benzene rings is 1. The number of carbonyl (C=O) groups is 1. The Morgan fingerprint density at radius 3 is 2.60 bits per heavy atom. The molecule has 0 aromatic heterocycles. The molecule has 0 bridgehead atoms. The summed E-state index contributed by atoms with van der Waals surface area (Å²) in [7, 11) is 0. The van der Waals surface area contributed by atoms with Crippen LogP contribution in [0.5, 0.6) is 0 Å². The van der Waals surface area contributed by atoms with Gasteiger partial charge in [0.05, 0.1) is 12.5 Å². The van der Waals surface area contributed by atoms with Gasteiger partial charge in [-0.25, -0.2) is 0 Å². The van der Waals surface area contributed by atoms with Gasteiger partial charge >= 0.3 is 0 Å². The van der Waals surface area contributed by atoms with Crippen molar-refractivity contribution in [2.24, 2.45) is 0 Å². The molecule has 0 aliphatic rings. The smallest absolute Gasteiger partial charge is 0.226 e. The zero-order valence-corrected chi connectivity index (χ0v) is 9.19. The summed E-state index contributed by atoms with van der Waals surface area (Å²) in [5, 5.41) is 2.70. The second-order valence-corrected chi connectivity index (χ2v) is 3.62. The van der Waals surface area contributed by atoms with Crippen molar-refractivity contribution in [1.29, 1.82) is 0 Å². The number of hydrogen-bond donors (Lipinski definition) is 1. The molecule has 82 valence electrons. The molecule has 3 nitrogen and oxygen atoms in total. The van der Waals surface area contributed by atoms with Gasteiger partial charge in [0.2, 0.25) is 5.91 Å². The summed E-state index contributed by atoms with van der Waals surface area (Å²) in [6.45, 7) is 4.15. The third kappa shape index (κ3) is 5.18. The van der Waals surface area contributed by atoms with Crippen LogP contribution in [0.2, 0.25) is 0 Å². The summed E-state index contributed by atoms with van der Waals surface area (Å²) in [5.74, 6) is -0.0122. The van der Waals surface area contributed by atoms with Crippen LogP contribution in [0.4, 0.5) is 0 Å². The van der Waals surface area contributed by atoms with E-state index in [2.05, 4.69) is 5.32 Å². The van der Waals surface area contributed by atoms with E-state index in [0.717, 1.165) is 5.56 Å². The molecule has 1 aromatic carbocycles. The van der Waals surface area contributed by atoms with Gasteiger partial charge in [0.1, 0.15) is 6.73 Å². The lowest BCUT2D eigenvalue weighted by atomic mass is 10.1. The quantitative estimate of drug-likeness (QED) is 0.747. The lowest BCUT2D eigenvalue weighted by Gasteiger charge is -2.08. The number of carbonyl (C=O) groups excluding carboxylic acids is 1. The maximum Gasteiger partial charge on any atom is 0.226 e. The Morgan fingerprint density at radius 1 is 1.33 bits per heavy atom. The molecule has 1 rings (SSSR count). The predicted molar refractivity (Wildman–Crippen MR) is 59.4 cm³/mol. The van der Waals surface area contributed by atoms with Crippen LogP contribution in [-0.2, 0) is 16.0 Å². The zero-order chi connectivity index (χ0) is 11.1. The number of hydrogen-bond acceptors (Lipinski definition) is 2. The lowest BCUT2D eigenvalue weighted by Crippen LogP contribution is -2.28. The monoisotopic (exact) mass is 207 g/mol. The largest absolute Gasteiger partial charge is 0.359 e. The molecular weight excluding hydrogens is 190 g/mol. The second kappa shape index (κ2) is 6.19. The maximum atomic E-state index is 11.4. The lowest BCUT2D eigenvalue weighted by molar-refractivity contribution is -0.122. The van der Waals surface area contributed by atoms with Gasteiger partial charge in [0.25, 0.3) is 0 Å². The van der Waals surface area contributed by atoms with E-state index >= 15 is 0 Å². The average Bonchev–Trinajstić information content (AvgIpc) is 2.18. The van der Waals surface area contributed by atoms with Crippen molar-refractivity contribution in [3.8, 4) is 0 Å². The molecule has 0 atom stereocenters. The van der Waals surface area contributed by atoms with Crippen molar-refractivity contribution < 1.29 is 9.53 Å². The van der Waals surface area contributed by atoms with E-state index in [-0.39, 0.29) is 18.7 Å². The first-order valence-corrected chi connectivity index (χ1v) is 5.10. The van der Waals surface area contributed by atoms with Gasteiger partial charge < -0.3 is 10.1 Å². The normalized spacial score (nSPS) is 10.3. The van der Waals surface area contributed by atoms with Gasteiger partial charge in [-0.05, 0) is 19.4 Å². The fraction of sp³-hybridized carbons (Fsp3) is 0.417. The topological polar surface area (TPSA) is 38.3 Å². The molecule has 1 amide bonds. The number of rotatable bonds is 5. The van der Waals surface area contributed by atoms with Gasteiger partial charge in [-0.1, -0.05) is 30.3 Å². The highest BCUT2D eigenvalue weighted by molar-refractivity contribution is 5.78. The van der Waals surface area contributed by atoms with Gasteiger partial charge in [0.15, 0.2) is 0 Å². The molecule has 0 fully saturated rings. The Morgan fingerprint density at radius 2 is 2.00 bits per heavy atom. The predicted octanol–water partition coefficient (Wildman–Crippen LogP) is 1.73. The van der Waals surface area contributed by atoms with Crippen LogP contribution in [0.1, 0.15) is 19.4 Å². The molecule has 1 aromatic rings. The molecule has 15 heavy (non-hydrogen) atoms. The van der Waals surface area contributed by atoms with E-state index in [1.54, 1.807) is 0 Å². The summed E-state index contributed by atoms with van der Waals surface area (Å²) in [5.41, 5.74) is 1.01. The fourth-order valence-electron chi connectivity index (χ4n) is 1.13. The highest BCUT2D eigenvalue weighted by atomic mass is 16.5. The van der Waals surface area contributed by atoms with Crippen LogP contribution in [0.25, 0.3) is 0 Å². The van der Waals surface area contributed by atoms with Crippen molar-refractivity contribution in [3.63, 3.8) is 0 Å². The molecule has 1 N–H and O–H groups in total. The zero-order valence-electron chi connectivity index (χ0n) is 9.19. The summed E-state index contributed by atoms with van der Waals surface area (Å²) in [4.78, 5) is 11.4. The van der Waals surface area contributed by atoms with Crippen LogP contribution in [0.3, 0.4) is 0 Å². The molecule has 0 spiro atoms. The fourth-order valence-corrected chi connectivity index (χ4v) is 1.13. The maximum absolute atomic E-state index is 11.4. The summed E-state index contributed by atoms with van der Waals surface area (Å²) in [6.07, 6.45) is 0.546. The minimum Gasteiger partial charge on any atom is -0.359 e. The molecule has 0 unspecified atom stereocenters. The third-order valence-electron chi connectivity index (χ3n) is 1.89. The molecule has 0 aliphatic heterocycles.